The lowest BCUT2D eigenvalue weighted by Crippen LogP contribution is -2.65. The van der Waals surface area contributed by atoms with Gasteiger partial charge in [0.2, 0.25) is 0 Å². The maximum atomic E-state index is 14.3. The summed E-state index contributed by atoms with van der Waals surface area (Å²) in [5.41, 5.74) is 4.21. The molecule has 7 rings (SSSR count). The molecule has 0 aliphatic heterocycles. The minimum atomic E-state index is -0.412. The molecule has 0 aromatic heterocycles. The predicted molar refractivity (Wildman–Crippen MR) is 190 cm³/mol. The summed E-state index contributed by atoms with van der Waals surface area (Å²) < 4.78 is 6.23. The number of hydrogen-bond acceptors (Lipinski definition) is 3. The van der Waals surface area contributed by atoms with Crippen LogP contribution >= 0.6 is 0 Å². The molecule has 0 saturated heterocycles. The van der Waals surface area contributed by atoms with Crippen molar-refractivity contribution >= 4 is 5.97 Å². The largest absolute Gasteiger partial charge is 0.460 e. The van der Waals surface area contributed by atoms with Crippen LogP contribution in [0.4, 0.5) is 0 Å². The molecule has 3 heteroatoms. The average Bonchev–Trinajstić information content (AvgIpc) is 3.06. The van der Waals surface area contributed by atoms with E-state index in [0.717, 1.165) is 69.8 Å². The average molecular weight is 637 g/mol. The summed E-state index contributed by atoms with van der Waals surface area (Å²) in [6.07, 6.45) is 15.1. The van der Waals surface area contributed by atoms with Gasteiger partial charge in [-0.3, -0.25) is 4.79 Å². The lowest BCUT2D eigenvalue weighted by molar-refractivity contribution is -0.211. The summed E-state index contributed by atoms with van der Waals surface area (Å²) in [5.74, 6) is 1.40. The number of aliphatic hydroxyl groups is 1. The molecule has 2 aromatic rings. The van der Waals surface area contributed by atoms with Crippen molar-refractivity contribution in [1.29, 1.82) is 0 Å². The van der Waals surface area contributed by atoms with Crippen molar-refractivity contribution in [2.45, 2.75) is 131 Å². The van der Waals surface area contributed by atoms with Gasteiger partial charge in [-0.2, -0.15) is 0 Å². The van der Waals surface area contributed by atoms with Gasteiger partial charge in [-0.25, -0.2) is 0 Å². The standard InChI is InChI=1S/C44H60O3/c1-39(2)25-27-44(38(46)47-30-32-15-11-8-12-16-32)28-26-42(5)33(34(44)29-39)17-18-36-40(3)23-21-37(45)41(4,35(40)20-24-43(36,42)6)22-19-31-13-9-7-10-14-31/h7-17,34-37,45H,18-30H2,1-6H3/t34-,35?,36-,37+,40+,41-,42-,43-,44+/m1/s1. The molecule has 0 heterocycles. The lowest BCUT2D eigenvalue weighted by atomic mass is 9.33. The van der Waals surface area contributed by atoms with E-state index < -0.39 is 5.41 Å². The third-order valence-corrected chi connectivity index (χ3v) is 15.8. The van der Waals surface area contributed by atoms with Gasteiger partial charge in [0, 0.05) is 0 Å². The molecule has 254 valence electrons. The van der Waals surface area contributed by atoms with Crippen molar-refractivity contribution in [2.75, 3.05) is 0 Å². The van der Waals surface area contributed by atoms with Crippen LogP contribution in [0.1, 0.15) is 123 Å². The van der Waals surface area contributed by atoms with Crippen LogP contribution in [0.15, 0.2) is 72.3 Å². The van der Waals surface area contributed by atoms with Gasteiger partial charge in [0.1, 0.15) is 6.61 Å². The Kier molecular flexibility index (Phi) is 8.18. The van der Waals surface area contributed by atoms with Crippen molar-refractivity contribution in [3.8, 4) is 0 Å². The first-order valence-electron chi connectivity index (χ1n) is 18.9. The van der Waals surface area contributed by atoms with Crippen LogP contribution in [-0.2, 0) is 22.6 Å². The van der Waals surface area contributed by atoms with Crippen molar-refractivity contribution in [3.05, 3.63) is 83.4 Å². The molecule has 0 bridgehead atoms. The molecule has 3 nitrogen and oxygen atoms in total. The third-order valence-electron chi connectivity index (χ3n) is 15.8. The fourth-order valence-corrected chi connectivity index (χ4v) is 12.7. The molecule has 1 N–H and O–H groups in total. The number of aryl methyl sites for hydroxylation is 1. The number of fused-ring (bicyclic) bond motifs is 7. The Hall–Kier alpha value is -2.39. The molecule has 1 unspecified atom stereocenters. The second-order valence-electron chi connectivity index (χ2n) is 18.5. The molecule has 0 amide bonds. The SMILES string of the molecule is CC1(C)CC[C@]2(C(=O)OCc3ccccc3)CC[C@]3(C)C(=CC[C@@H]4[C@@]5(C)CC[C@H](O)[C@](C)(CCc6ccccc6)C5CC[C@]43C)[C@H]2C1. The number of hydrogen-bond donors (Lipinski definition) is 1. The van der Waals surface area contributed by atoms with E-state index in [-0.39, 0.29) is 45.1 Å². The van der Waals surface area contributed by atoms with Crippen LogP contribution in [0.5, 0.6) is 0 Å². The van der Waals surface area contributed by atoms with Gasteiger partial charge < -0.3 is 9.84 Å². The number of esters is 1. The third kappa shape index (κ3) is 5.11. The molecule has 4 fully saturated rings. The van der Waals surface area contributed by atoms with Crippen LogP contribution in [0.3, 0.4) is 0 Å². The number of allylic oxidation sites excluding steroid dienone is 2. The minimum absolute atomic E-state index is 0.0446. The van der Waals surface area contributed by atoms with Crippen LogP contribution in [-0.4, -0.2) is 17.2 Å². The number of carbonyl (C=O) groups excluding carboxylic acids is 1. The predicted octanol–water partition coefficient (Wildman–Crippen LogP) is 10.5. The Bertz CT molecular complexity index is 1490. The van der Waals surface area contributed by atoms with Crippen molar-refractivity contribution in [1.82, 2.24) is 0 Å². The molecule has 5 aliphatic rings. The van der Waals surface area contributed by atoms with E-state index in [1.54, 1.807) is 5.57 Å². The monoisotopic (exact) mass is 636 g/mol. The van der Waals surface area contributed by atoms with Crippen molar-refractivity contribution in [3.63, 3.8) is 0 Å². The fourth-order valence-electron chi connectivity index (χ4n) is 12.7. The zero-order valence-electron chi connectivity index (χ0n) is 30.1. The van der Waals surface area contributed by atoms with Crippen LogP contribution in [0, 0.1) is 50.2 Å². The molecular formula is C44H60O3. The highest BCUT2D eigenvalue weighted by atomic mass is 16.5. The summed E-state index contributed by atoms with van der Waals surface area (Å²) in [4.78, 5) is 14.3. The van der Waals surface area contributed by atoms with Crippen molar-refractivity contribution in [2.24, 2.45) is 50.2 Å². The maximum Gasteiger partial charge on any atom is 0.313 e. The summed E-state index contributed by atoms with van der Waals surface area (Å²) in [7, 11) is 0. The summed E-state index contributed by atoms with van der Waals surface area (Å²) in [6, 6.07) is 21.1. The lowest BCUT2D eigenvalue weighted by Gasteiger charge is -2.71. The van der Waals surface area contributed by atoms with Gasteiger partial charge in [0.25, 0.3) is 0 Å². The quantitative estimate of drug-likeness (QED) is 0.253. The van der Waals surface area contributed by atoms with E-state index in [1.165, 1.54) is 18.4 Å². The second-order valence-corrected chi connectivity index (χ2v) is 18.5. The van der Waals surface area contributed by atoms with E-state index in [9.17, 15) is 9.90 Å². The van der Waals surface area contributed by atoms with Gasteiger partial charge in [-0.15, -0.1) is 0 Å². The first-order valence-corrected chi connectivity index (χ1v) is 18.9. The Morgan fingerprint density at radius 1 is 0.787 bits per heavy atom. The summed E-state index contributed by atoms with van der Waals surface area (Å²) in [6.45, 7) is 15.5. The Balaban J connectivity index is 1.20. The zero-order chi connectivity index (χ0) is 33.3. The van der Waals surface area contributed by atoms with E-state index in [4.69, 9.17) is 4.74 Å². The second kappa shape index (κ2) is 11.6. The van der Waals surface area contributed by atoms with E-state index in [0.29, 0.717) is 18.4 Å². The molecular weight excluding hydrogens is 576 g/mol. The highest BCUT2D eigenvalue weighted by Crippen LogP contribution is 2.76. The van der Waals surface area contributed by atoms with E-state index >= 15 is 0 Å². The van der Waals surface area contributed by atoms with Crippen LogP contribution in [0.2, 0.25) is 0 Å². The highest BCUT2D eigenvalue weighted by Gasteiger charge is 2.69. The Labute approximate surface area is 285 Å². The zero-order valence-corrected chi connectivity index (χ0v) is 30.1. The number of rotatable bonds is 6. The van der Waals surface area contributed by atoms with Crippen LogP contribution < -0.4 is 0 Å². The number of carbonyl (C=O) groups is 1. The molecule has 0 spiro atoms. The topological polar surface area (TPSA) is 46.5 Å². The molecule has 47 heavy (non-hydrogen) atoms. The molecule has 2 aromatic carbocycles. The molecule has 9 atom stereocenters. The molecule has 5 aliphatic carbocycles. The number of aliphatic hydroxyl groups excluding tert-OH is 1. The van der Waals surface area contributed by atoms with E-state index in [2.05, 4.69) is 90.1 Å². The normalized spacial score (nSPS) is 42.1. The van der Waals surface area contributed by atoms with Gasteiger partial charge in [0.05, 0.1) is 11.5 Å². The first-order chi connectivity index (χ1) is 22.3. The summed E-state index contributed by atoms with van der Waals surface area (Å²) in [5, 5.41) is 11.7. The molecule has 0 radical (unpaired) electrons. The van der Waals surface area contributed by atoms with Gasteiger partial charge in [-0.1, -0.05) is 114 Å². The minimum Gasteiger partial charge on any atom is -0.460 e. The maximum absolute atomic E-state index is 14.3. The van der Waals surface area contributed by atoms with E-state index in [1.807, 2.05) is 18.2 Å². The fraction of sp³-hybridized carbons (Fsp3) is 0.659. The smallest absolute Gasteiger partial charge is 0.313 e. The van der Waals surface area contributed by atoms with Gasteiger partial charge >= 0.3 is 5.97 Å². The molecule has 4 saturated carbocycles. The van der Waals surface area contributed by atoms with Crippen LogP contribution in [0.25, 0.3) is 0 Å². The van der Waals surface area contributed by atoms with Gasteiger partial charge in [-0.05, 0) is 133 Å². The Morgan fingerprint density at radius 2 is 1.45 bits per heavy atom. The van der Waals surface area contributed by atoms with Gasteiger partial charge in [0.15, 0.2) is 0 Å². The first kappa shape index (κ1) is 33.1. The van der Waals surface area contributed by atoms with Crippen molar-refractivity contribution < 1.29 is 14.6 Å². The number of benzene rings is 2. The summed E-state index contributed by atoms with van der Waals surface area (Å²) >= 11 is 0. The number of ether oxygens (including phenoxy) is 1. The highest BCUT2D eigenvalue weighted by molar-refractivity contribution is 5.79. The Morgan fingerprint density at radius 3 is 2.15 bits per heavy atom.